The third-order valence-electron chi connectivity index (χ3n) is 16.9. The number of nitrogens with zero attached hydrogens (tertiary/aromatic N) is 9. The van der Waals surface area contributed by atoms with Crippen LogP contribution in [-0.4, -0.2) is 267 Å². The van der Waals surface area contributed by atoms with Crippen LogP contribution < -0.4 is 26.0 Å². The third-order valence-corrected chi connectivity index (χ3v) is 16.9. The van der Waals surface area contributed by atoms with Gasteiger partial charge in [-0.05, 0) is 108 Å². The first-order valence-corrected chi connectivity index (χ1v) is 32.9. The standard InChI is InChI=1S/C67H95F2N13O13/c1-4-54-42-67(68,69)46-82(54)63(88)43-73-65(91)56-23-26-71-58-22-21-55(41-57(56)58)95-40-11-10-27-76-36-38-81(39-37-76)62(87)16-6-5-8-25-72-66(92)59(14-7-9-24-70-52(3)74-60(85)15-12-13-53-19-17-51(2)18-20-53)75-61(86)44-77-28-29-78(45-64(89)90)31-33-80(48-94-50-84)35-34-79(32-30-77)47-93-49-83/h1,17-23,26,41,49-50,54,59H,5-16,24-25,27-40,42-48H2,2-3H3,(H,72,92)(H,73,91)(H,75,86)(H,89,90)(H,70,74,85)/t54-,59-/m0/s1. The number of aliphatic imine (C=N–C) groups is 1. The van der Waals surface area contributed by atoms with Crippen LogP contribution in [0, 0.1) is 19.3 Å². The average molecular weight is 1330 g/mol. The average Bonchev–Trinajstić information content (AvgIpc) is 1.66. The van der Waals surface area contributed by atoms with Crippen LogP contribution in [0.3, 0.4) is 0 Å². The number of amides is 6. The molecule has 5 N–H and O–H groups in total. The molecule has 4 heterocycles. The molecule has 6 rings (SSSR count). The number of carboxylic acid groups (broad SMARTS) is 1. The number of carbonyl (C=O) groups excluding carboxylic acids is 8. The third kappa shape index (κ3) is 27.9. The SMILES string of the molecule is C#C[C@H]1CC(F)(F)CN1C(=O)CNC(=O)c1ccnc2ccc(OCCCCN3CCN(C(=O)CCCCCNC(=O)[C@H](CCCC/N=C(\C)NC(=O)CCCc4ccc(C)cc4)NC(=O)CN4CCN(COC=O)CCN(COC=O)CCN(CC(=O)O)CC4)CC3)cc12. The van der Waals surface area contributed by atoms with E-state index >= 15 is 0 Å². The van der Waals surface area contributed by atoms with Crippen molar-refractivity contribution >= 4 is 71.1 Å². The van der Waals surface area contributed by atoms with Gasteiger partial charge in [0.2, 0.25) is 29.5 Å². The van der Waals surface area contributed by atoms with Gasteiger partial charge in [-0.2, -0.15) is 0 Å². The number of aryl methyl sites for hydroxylation is 2. The van der Waals surface area contributed by atoms with Crippen molar-refractivity contribution in [3.8, 4) is 18.1 Å². The van der Waals surface area contributed by atoms with Crippen molar-refractivity contribution in [3.63, 3.8) is 0 Å². The number of terminal acetylenes is 1. The first-order valence-electron chi connectivity index (χ1n) is 32.9. The zero-order valence-corrected chi connectivity index (χ0v) is 55.0. The van der Waals surface area contributed by atoms with Crippen molar-refractivity contribution in [1.82, 2.24) is 60.6 Å². The lowest BCUT2D eigenvalue weighted by molar-refractivity contribution is -0.139. The van der Waals surface area contributed by atoms with Crippen LogP contribution in [-0.2, 0) is 54.3 Å². The number of piperazine rings is 1. The molecule has 0 aliphatic carbocycles. The Labute approximate surface area is 555 Å². The Morgan fingerprint density at radius 3 is 2.07 bits per heavy atom. The lowest BCUT2D eigenvalue weighted by Gasteiger charge is -2.34. The molecule has 6 amide bonds. The van der Waals surface area contributed by atoms with Crippen molar-refractivity contribution < 1.29 is 71.2 Å². The molecule has 2 atom stereocenters. The topological polar surface area (TPSA) is 298 Å². The van der Waals surface area contributed by atoms with Crippen LogP contribution in [0.4, 0.5) is 8.78 Å². The van der Waals surface area contributed by atoms with E-state index in [-0.39, 0.29) is 49.8 Å². The highest BCUT2D eigenvalue weighted by molar-refractivity contribution is 6.07. The smallest absolute Gasteiger partial charge is 0.317 e. The Kier molecular flexibility index (Phi) is 32.6. The van der Waals surface area contributed by atoms with Gasteiger partial charge in [-0.1, -0.05) is 42.2 Å². The molecule has 0 unspecified atom stereocenters. The molecule has 0 radical (unpaired) electrons. The van der Waals surface area contributed by atoms with Crippen LogP contribution in [0.2, 0.25) is 0 Å². The van der Waals surface area contributed by atoms with Gasteiger partial charge in [0.1, 0.15) is 25.3 Å². The number of ether oxygens (including phenoxy) is 3. The number of amidine groups is 1. The number of carboxylic acids is 1. The second-order valence-electron chi connectivity index (χ2n) is 24.3. The summed E-state index contributed by atoms with van der Waals surface area (Å²) in [4.78, 5) is 135. The number of unbranched alkanes of at least 4 members (excludes halogenated alkanes) is 4. The van der Waals surface area contributed by atoms with Crippen LogP contribution in [0.25, 0.3) is 10.9 Å². The first-order chi connectivity index (χ1) is 45.8. The number of halogens is 2. The lowest BCUT2D eigenvalue weighted by Crippen LogP contribution is -2.52. The maximum absolute atomic E-state index is 14.0. The van der Waals surface area contributed by atoms with E-state index in [0.717, 1.165) is 43.8 Å². The molecule has 3 aliphatic rings. The van der Waals surface area contributed by atoms with Crippen LogP contribution in [0.15, 0.2) is 59.7 Å². The van der Waals surface area contributed by atoms with E-state index in [1.165, 1.54) is 23.4 Å². The number of hydrogen-bond donors (Lipinski definition) is 5. The fourth-order valence-electron chi connectivity index (χ4n) is 11.5. The quantitative estimate of drug-likeness (QED) is 0.0184. The zero-order chi connectivity index (χ0) is 68.4. The van der Waals surface area contributed by atoms with Gasteiger partial charge in [0, 0.05) is 122 Å². The van der Waals surface area contributed by atoms with E-state index in [2.05, 4.69) is 66.3 Å². The monoisotopic (exact) mass is 1330 g/mol. The van der Waals surface area contributed by atoms with Crippen molar-refractivity contribution in [2.45, 2.75) is 115 Å². The molecular weight excluding hydrogens is 1230 g/mol. The number of aliphatic carboxylic acids is 1. The summed E-state index contributed by atoms with van der Waals surface area (Å²) in [6, 6.07) is 13.0. The van der Waals surface area contributed by atoms with Gasteiger partial charge in [0.05, 0.1) is 55.7 Å². The Balaban J connectivity index is 0.918. The fourth-order valence-corrected chi connectivity index (χ4v) is 11.5. The van der Waals surface area contributed by atoms with E-state index in [4.69, 9.17) is 20.6 Å². The second kappa shape index (κ2) is 40.9. The van der Waals surface area contributed by atoms with Crippen LogP contribution in [0.5, 0.6) is 5.75 Å². The summed E-state index contributed by atoms with van der Waals surface area (Å²) in [5, 5.41) is 21.6. The number of fused-ring (bicyclic) bond motifs is 1. The molecule has 3 saturated heterocycles. The summed E-state index contributed by atoms with van der Waals surface area (Å²) < 4.78 is 44.1. The van der Waals surface area contributed by atoms with Gasteiger partial charge in [-0.25, -0.2) is 8.78 Å². The molecule has 3 aliphatic heterocycles. The van der Waals surface area contributed by atoms with Crippen molar-refractivity contribution in [2.24, 2.45) is 4.99 Å². The predicted molar refractivity (Wildman–Crippen MR) is 351 cm³/mol. The molecule has 0 saturated carbocycles. The normalized spacial score (nSPS) is 17.5. The highest BCUT2D eigenvalue weighted by atomic mass is 19.3. The number of nitrogens with one attached hydrogen (secondary N) is 4. The number of hydrogen-bond acceptors (Lipinski definition) is 19. The molecule has 1 aromatic heterocycles. The second-order valence-corrected chi connectivity index (χ2v) is 24.3. The molecule has 520 valence electrons. The first kappa shape index (κ1) is 75.8. The fraction of sp³-hybridized carbons (Fsp3) is 0.597. The van der Waals surface area contributed by atoms with E-state index in [1.54, 1.807) is 30.0 Å². The molecule has 3 aromatic rings. The molecular formula is C67H95F2N13O13. The molecule has 26 nitrogen and oxygen atoms in total. The van der Waals surface area contributed by atoms with Gasteiger partial charge in [-0.15, -0.1) is 6.42 Å². The summed E-state index contributed by atoms with van der Waals surface area (Å²) in [6.45, 7) is 10.3. The summed E-state index contributed by atoms with van der Waals surface area (Å²) >= 11 is 0. The van der Waals surface area contributed by atoms with Gasteiger partial charge in [0.25, 0.3) is 24.8 Å². The Morgan fingerprint density at radius 2 is 1.41 bits per heavy atom. The highest BCUT2D eigenvalue weighted by Crippen LogP contribution is 2.32. The van der Waals surface area contributed by atoms with Gasteiger partial charge < -0.3 is 50.4 Å². The minimum atomic E-state index is -3.09. The number of aromatic nitrogens is 1. The van der Waals surface area contributed by atoms with Crippen LogP contribution >= 0.6 is 0 Å². The Hall–Kier alpha value is -8.23. The minimum absolute atomic E-state index is 0.00456. The van der Waals surface area contributed by atoms with Gasteiger partial charge >= 0.3 is 5.97 Å². The van der Waals surface area contributed by atoms with Crippen molar-refractivity contribution in [1.29, 1.82) is 0 Å². The van der Waals surface area contributed by atoms with E-state index in [9.17, 15) is 57.0 Å². The number of carbonyl (C=O) groups is 9. The van der Waals surface area contributed by atoms with E-state index in [0.29, 0.717) is 178 Å². The lowest BCUT2D eigenvalue weighted by atomic mass is 10.1. The molecule has 3 fully saturated rings. The largest absolute Gasteiger partial charge is 0.494 e. The number of pyridine rings is 1. The van der Waals surface area contributed by atoms with Gasteiger partial charge in [-0.3, -0.25) is 77.6 Å². The molecule has 0 spiro atoms. The highest BCUT2D eigenvalue weighted by Gasteiger charge is 2.46. The summed E-state index contributed by atoms with van der Waals surface area (Å²) in [6.07, 6.45) is 13.4. The number of rotatable bonds is 36. The van der Waals surface area contributed by atoms with Crippen molar-refractivity contribution in [2.75, 3.05) is 144 Å². The summed E-state index contributed by atoms with van der Waals surface area (Å²) in [7, 11) is 0. The van der Waals surface area contributed by atoms with Gasteiger partial charge in [0.15, 0.2) is 0 Å². The Bertz CT molecular complexity index is 3060. The number of likely N-dealkylation sites (tertiary alicyclic amines) is 1. The summed E-state index contributed by atoms with van der Waals surface area (Å²) in [5.74, 6) is -2.93. The summed E-state index contributed by atoms with van der Waals surface area (Å²) in [5.41, 5.74) is 3.13. The number of benzene rings is 2. The van der Waals surface area contributed by atoms with E-state index < -0.39 is 61.2 Å². The van der Waals surface area contributed by atoms with E-state index in [1.807, 2.05) is 26.5 Å². The number of alkyl halides is 2. The maximum Gasteiger partial charge on any atom is 0.317 e. The minimum Gasteiger partial charge on any atom is -0.494 e. The Morgan fingerprint density at radius 1 is 0.747 bits per heavy atom. The molecule has 0 bridgehead atoms. The maximum atomic E-state index is 14.0. The molecule has 2 aromatic carbocycles. The predicted octanol–water partition coefficient (Wildman–Crippen LogP) is 2.90. The molecule has 28 heteroatoms. The zero-order valence-electron chi connectivity index (χ0n) is 55.0. The van der Waals surface area contributed by atoms with Crippen molar-refractivity contribution in [3.05, 3.63) is 71.4 Å². The van der Waals surface area contributed by atoms with Crippen LogP contribution in [0.1, 0.15) is 105 Å². The molecule has 95 heavy (non-hydrogen) atoms.